The van der Waals surface area contributed by atoms with Crippen molar-refractivity contribution in [3.05, 3.63) is 91.0 Å². The smallest absolute Gasteiger partial charge is 0.200 e. The van der Waals surface area contributed by atoms with E-state index in [-0.39, 0.29) is 11.5 Å². The van der Waals surface area contributed by atoms with Crippen molar-refractivity contribution in [2.75, 3.05) is 0 Å². The number of aromatic hydroxyl groups is 3. The van der Waals surface area contributed by atoms with Gasteiger partial charge in [0.15, 0.2) is 11.5 Å². The van der Waals surface area contributed by atoms with Gasteiger partial charge in [0.05, 0.1) is 0 Å². The fraction of sp³-hybridized carbons (Fsp3) is 0. The predicted molar refractivity (Wildman–Crippen MR) is 136 cm³/mol. The largest absolute Gasteiger partial charge is 0.504 e. The molecule has 0 heterocycles. The summed E-state index contributed by atoms with van der Waals surface area (Å²) in [6.07, 6.45) is 0. The lowest BCUT2D eigenvalue weighted by Crippen LogP contribution is -1.87. The molecular weight excluding hydrogens is 408 g/mol. The molecule has 0 aliphatic heterocycles. The van der Waals surface area contributed by atoms with Crippen LogP contribution >= 0.6 is 0 Å². The molecule has 0 bridgehead atoms. The Morgan fingerprint density at radius 3 is 1.12 bits per heavy atom. The molecule has 3 heteroatoms. The molecular formula is C30H18O3. The average Bonchev–Trinajstić information content (AvgIpc) is 2.85. The van der Waals surface area contributed by atoms with Gasteiger partial charge in [-0.05, 0) is 102 Å². The minimum absolute atomic E-state index is 0.306. The van der Waals surface area contributed by atoms with E-state index in [4.69, 9.17) is 0 Å². The van der Waals surface area contributed by atoms with Gasteiger partial charge >= 0.3 is 0 Å². The number of benzene rings is 7. The molecule has 0 atom stereocenters. The summed E-state index contributed by atoms with van der Waals surface area (Å²) in [7, 11) is 0. The lowest BCUT2D eigenvalue weighted by Gasteiger charge is -2.15. The maximum absolute atomic E-state index is 10.6. The third-order valence-electron chi connectivity index (χ3n) is 6.85. The van der Waals surface area contributed by atoms with E-state index in [1.54, 1.807) is 0 Å². The zero-order valence-corrected chi connectivity index (χ0v) is 17.5. The first kappa shape index (κ1) is 18.1. The molecule has 0 unspecified atom stereocenters. The maximum atomic E-state index is 10.6. The van der Waals surface area contributed by atoms with Crippen LogP contribution in [-0.2, 0) is 0 Å². The molecule has 7 rings (SSSR count). The Bertz CT molecular complexity index is 1950. The highest BCUT2D eigenvalue weighted by molar-refractivity contribution is 6.30. The van der Waals surface area contributed by atoms with E-state index in [1.807, 2.05) is 30.3 Å². The van der Waals surface area contributed by atoms with Crippen LogP contribution in [0.1, 0.15) is 0 Å². The van der Waals surface area contributed by atoms with E-state index in [1.165, 1.54) is 16.8 Å². The highest BCUT2D eigenvalue weighted by Crippen LogP contribution is 2.45. The van der Waals surface area contributed by atoms with Crippen LogP contribution in [0.4, 0.5) is 0 Å². The zero-order chi connectivity index (χ0) is 22.3. The van der Waals surface area contributed by atoms with Gasteiger partial charge in [-0.25, -0.2) is 0 Å². The van der Waals surface area contributed by atoms with Gasteiger partial charge < -0.3 is 15.3 Å². The number of phenolic OH excluding ortho intramolecular Hbond substituents is 3. The van der Waals surface area contributed by atoms with Crippen molar-refractivity contribution in [2.24, 2.45) is 0 Å². The Balaban J connectivity index is 1.80. The molecule has 7 aromatic carbocycles. The van der Waals surface area contributed by atoms with Crippen LogP contribution in [0.25, 0.3) is 64.6 Å². The third-order valence-corrected chi connectivity index (χ3v) is 6.85. The molecule has 33 heavy (non-hydrogen) atoms. The molecule has 3 nitrogen and oxygen atoms in total. The molecule has 156 valence electrons. The topological polar surface area (TPSA) is 60.7 Å². The second-order valence-corrected chi connectivity index (χ2v) is 8.70. The van der Waals surface area contributed by atoms with Crippen molar-refractivity contribution < 1.29 is 15.3 Å². The first-order chi connectivity index (χ1) is 16.1. The fourth-order valence-electron chi connectivity index (χ4n) is 5.22. The monoisotopic (exact) mass is 426 g/mol. The SMILES string of the molecule is Oc1cc2cc3c4cc5ccccc5cc4c4cc5ccccc5cc4c3cc2c(O)c1O. The van der Waals surface area contributed by atoms with Gasteiger partial charge in [0.2, 0.25) is 5.75 Å². The molecule has 0 saturated carbocycles. The van der Waals surface area contributed by atoms with E-state index < -0.39 is 5.75 Å². The summed E-state index contributed by atoms with van der Waals surface area (Å²) in [5, 5.41) is 43.2. The second kappa shape index (κ2) is 6.27. The minimum atomic E-state index is -0.497. The summed E-state index contributed by atoms with van der Waals surface area (Å²) in [5.41, 5.74) is 0. The van der Waals surface area contributed by atoms with Gasteiger partial charge in [-0.3, -0.25) is 0 Å². The number of hydrogen-bond donors (Lipinski definition) is 3. The van der Waals surface area contributed by atoms with Crippen molar-refractivity contribution in [2.45, 2.75) is 0 Å². The quantitative estimate of drug-likeness (QED) is 0.132. The number of hydrogen-bond acceptors (Lipinski definition) is 3. The van der Waals surface area contributed by atoms with E-state index in [9.17, 15) is 15.3 Å². The van der Waals surface area contributed by atoms with Gasteiger partial charge in [-0.1, -0.05) is 48.5 Å². The van der Waals surface area contributed by atoms with Crippen LogP contribution in [0.5, 0.6) is 17.2 Å². The minimum Gasteiger partial charge on any atom is -0.504 e. The number of rotatable bonds is 0. The molecule has 0 saturated heterocycles. The van der Waals surface area contributed by atoms with Crippen molar-refractivity contribution >= 4 is 64.6 Å². The second-order valence-electron chi connectivity index (χ2n) is 8.70. The first-order valence-electron chi connectivity index (χ1n) is 10.9. The Morgan fingerprint density at radius 1 is 0.333 bits per heavy atom. The average molecular weight is 426 g/mol. The number of phenols is 3. The highest BCUT2D eigenvalue weighted by Gasteiger charge is 2.16. The molecule has 7 aromatic rings. The van der Waals surface area contributed by atoms with Gasteiger partial charge in [-0.2, -0.15) is 0 Å². The van der Waals surface area contributed by atoms with Crippen LogP contribution in [0.2, 0.25) is 0 Å². The lowest BCUT2D eigenvalue weighted by atomic mass is 9.89. The predicted octanol–water partition coefficient (Wildman–Crippen LogP) is 7.72. The van der Waals surface area contributed by atoms with Crippen LogP contribution in [0, 0.1) is 0 Å². The Hall–Kier alpha value is -4.50. The summed E-state index contributed by atoms with van der Waals surface area (Å²) < 4.78 is 0. The van der Waals surface area contributed by atoms with Crippen LogP contribution in [0.3, 0.4) is 0 Å². The molecule has 0 aliphatic rings. The summed E-state index contributed by atoms with van der Waals surface area (Å²) in [5.74, 6) is -1.14. The number of fused-ring (bicyclic) bond motifs is 9. The van der Waals surface area contributed by atoms with Gasteiger partial charge in [0.1, 0.15) is 0 Å². The van der Waals surface area contributed by atoms with Gasteiger partial charge in [0.25, 0.3) is 0 Å². The molecule has 0 spiro atoms. The fourth-order valence-corrected chi connectivity index (χ4v) is 5.22. The third kappa shape index (κ3) is 2.45. The Morgan fingerprint density at radius 2 is 0.697 bits per heavy atom. The first-order valence-corrected chi connectivity index (χ1v) is 10.9. The van der Waals surface area contributed by atoms with Crippen LogP contribution in [0.15, 0.2) is 91.0 Å². The Kier molecular flexibility index (Phi) is 3.44. The summed E-state index contributed by atoms with van der Waals surface area (Å²) in [4.78, 5) is 0. The normalized spacial score (nSPS) is 12.0. The van der Waals surface area contributed by atoms with Crippen molar-refractivity contribution in [3.63, 3.8) is 0 Å². The molecule has 0 aliphatic carbocycles. The lowest BCUT2D eigenvalue weighted by molar-refractivity contribution is 0.371. The highest BCUT2D eigenvalue weighted by atomic mass is 16.3. The van der Waals surface area contributed by atoms with Crippen LogP contribution in [-0.4, -0.2) is 15.3 Å². The van der Waals surface area contributed by atoms with Crippen molar-refractivity contribution in [1.29, 1.82) is 0 Å². The standard InChI is InChI=1S/C30H18O3/c31-28-14-20-13-26-24-11-18-7-2-1-5-16(18)9-22(24)23-10-17-6-3-4-8-19(17)12-25(23)27(26)15-21(20)29(32)30(28)33/h1-15,31-33H. The van der Waals surface area contributed by atoms with E-state index in [0.29, 0.717) is 10.8 Å². The molecule has 0 amide bonds. The molecule has 0 aromatic heterocycles. The molecule has 0 fully saturated rings. The summed E-state index contributed by atoms with van der Waals surface area (Å²) >= 11 is 0. The maximum Gasteiger partial charge on any atom is 0.200 e. The van der Waals surface area contributed by atoms with E-state index in [0.717, 1.165) is 43.1 Å². The van der Waals surface area contributed by atoms with E-state index in [2.05, 4.69) is 54.6 Å². The summed E-state index contributed by atoms with van der Waals surface area (Å²) in [6.45, 7) is 0. The van der Waals surface area contributed by atoms with Gasteiger partial charge in [0, 0.05) is 5.39 Å². The zero-order valence-electron chi connectivity index (χ0n) is 17.5. The molecule has 3 N–H and O–H groups in total. The molecule has 0 radical (unpaired) electrons. The van der Waals surface area contributed by atoms with Crippen molar-refractivity contribution in [3.8, 4) is 17.2 Å². The summed E-state index contributed by atoms with van der Waals surface area (Å²) in [6, 6.07) is 31.0. The van der Waals surface area contributed by atoms with Crippen LogP contribution < -0.4 is 0 Å². The Labute approximate surface area is 188 Å². The van der Waals surface area contributed by atoms with E-state index >= 15 is 0 Å². The van der Waals surface area contributed by atoms with Gasteiger partial charge in [-0.15, -0.1) is 0 Å². The van der Waals surface area contributed by atoms with Crippen molar-refractivity contribution in [1.82, 2.24) is 0 Å².